The zero-order valence-electron chi connectivity index (χ0n) is 9.60. The average Bonchev–Trinajstić information content (AvgIpc) is 2.76. The molecule has 1 aliphatic heterocycles. The van der Waals surface area contributed by atoms with Crippen LogP contribution >= 0.6 is 0 Å². The molecule has 1 saturated heterocycles. The van der Waals surface area contributed by atoms with Crippen molar-refractivity contribution in [2.45, 2.75) is 45.6 Å². The molecule has 0 amide bonds. The molecule has 0 bridgehead atoms. The summed E-state index contributed by atoms with van der Waals surface area (Å²) in [5.74, 6) is 0.977. The molecule has 0 aromatic carbocycles. The highest BCUT2D eigenvalue weighted by molar-refractivity contribution is 5.01. The molecular formula is C12H24N2. The third-order valence-corrected chi connectivity index (χ3v) is 3.92. The van der Waals surface area contributed by atoms with Crippen molar-refractivity contribution in [2.24, 2.45) is 11.3 Å². The molecule has 2 heteroatoms. The van der Waals surface area contributed by atoms with Crippen LogP contribution in [-0.4, -0.2) is 25.7 Å². The number of rotatable bonds is 4. The fourth-order valence-electron chi connectivity index (χ4n) is 2.45. The summed E-state index contributed by atoms with van der Waals surface area (Å²) in [4.78, 5) is 0. The Morgan fingerprint density at radius 2 is 1.93 bits per heavy atom. The standard InChI is InChI=1S/C12H24N2/c1-12(2)9-11(12)14-8-5-10-3-6-13-7-4-10/h10-11,13-14H,3-9H2,1-2H3. The first-order valence-electron chi connectivity index (χ1n) is 6.12. The first-order valence-corrected chi connectivity index (χ1v) is 6.12. The van der Waals surface area contributed by atoms with E-state index < -0.39 is 0 Å². The lowest BCUT2D eigenvalue weighted by atomic mass is 9.95. The second-order valence-corrected chi connectivity index (χ2v) is 5.68. The van der Waals surface area contributed by atoms with Gasteiger partial charge in [0.2, 0.25) is 0 Å². The topological polar surface area (TPSA) is 24.1 Å². The lowest BCUT2D eigenvalue weighted by molar-refractivity contribution is 0.345. The molecule has 2 nitrogen and oxygen atoms in total. The van der Waals surface area contributed by atoms with Gasteiger partial charge in [0, 0.05) is 6.04 Å². The van der Waals surface area contributed by atoms with Gasteiger partial charge in [-0.25, -0.2) is 0 Å². The van der Waals surface area contributed by atoms with Gasteiger partial charge in [-0.2, -0.15) is 0 Å². The van der Waals surface area contributed by atoms with E-state index >= 15 is 0 Å². The van der Waals surface area contributed by atoms with E-state index in [1.807, 2.05) is 0 Å². The number of hydrogen-bond donors (Lipinski definition) is 2. The highest BCUT2D eigenvalue weighted by Gasteiger charge is 2.44. The van der Waals surface area contributed by atoms with Crippen molar-refractivity contribution in [3.05, 3.63) is 0 Å². The predicted molar refractivity (Wildman–Crippen MR) is 60.4 cm³/mol. The lowest BCUT2D eigenvalue weighted by Gasteiger charge is -2.22. The van der Waals surface area contributed by atoms with E-state index in [1.54, 1.807) is 0 Å². The van der Waals surface area contributed by atoms with Crippen LogP contribution in [0, 0.1) is 11.3 Å². The molecule has 1 unspecified atom stereocenters. The van der Waals surface area contributed by atoms with Crippen LogP contribution < -0.4 is 10.6 Å². The molecule has 0 aromatic heterocycles. The summed E-state index contributed by atoms with van der Waals surface area (Å²) in [5, 5.41) is 7.09. The van der Waals surface area contributed by atoms with Crippen molar-refractivity contribution < 1.29 is 0 Å². The molecular weight excluding hydrogens is 172 g/mol. The van der Waals surface area contributed by atoms with Crippen molar-refractivity contribution in [1.29, 1.82) is 0 Å². The van der Waals surface area contributed by atoms with Crippen LogP contribution in [-0.2, 0) is 0 Å². The molecule has 1 atom stereocenters. The fourth-order valence-corrected chi connectivity index (χ4v) is 2.45. The monoisotopic (exact) mass is 196 g/mol. The molecule has 2 N–H and O–H groups in total. The normalized spacial score (nSPS) is 31.7. The van der Waals surface area contributed by atoms with Crippen LogP contribution in [0.25, 0.3) is 0 Å². The van der Waals surface area contributed by atoms with Gasteiger partial charge in [0.15, 0.2) is 0 Å². The number of piperidine rings is 1. The first-order chi connectivity index (χ1) is 6.68. The molecule has 82 valence electrons. The highest BCUT2D eigenvalue weighted by atomic mass is 15.0. The smallest absolute Gasteiger partial charge is 0.0124 e. The second kappa shape index (κ2) is 4.19. The molecule has 0 aromatic rings. The molecule has 1 saturated carbocycles. The molecule has 2 aliphatic rings. The Hall–Kier alpha value is -0.0800. The molecule has 2 rings (SSSR count). The van der Waals surface area contributed by atoms with Crippen molar-refractivity contribution in [1.82, 2.24) is 10.6 Å². The van der Waals surface area contributed by atoms with Crippen LogP contribution in [0.4, 0.5) is 0 Å². The zero-order valence-corrected chi connectivity index (χ0v) is 9.60. The van der Waals surface area contributed by atoms with E-state index in [4.69, 9.17) is 0 Å². The van der Waals surface area contributed by atoms with Gasteiger partial charge < -0.3 is 10.6 Å². The maximum Gasteiger partial charge on any atom is 0.0124 e. The van der Waals surface area contributed by atoms with Crippen molar-refractivity contribution >= 4 is 0 Å². The van der Waals surface area contributed by atoms with Gasteiger partial charge in [-0.3, -0.25) is 0 Å². The Kier molecular flexibility index (Phi) is 3.13. The van der Waals surface area contributed by atoms with Gasteiger partial charge in [-0.1, -0.05) is 13.8 Å². The largest absolute Gasteiger partial charge is 0.317 e. The Balaban J connectivity index is 1.54. The third-order valence-electron chi connectivity index (χ3n) is 3.92. The summed E-state index contributed by atoms with van der Waals surface area (Å²) >= 11 is 0. The van der Waals surface area contributed by atoms with E-state index in [2.05, 4.69) is 24.5 Å². The minimum absolute atomic E-state index is 0.591. The predicted octanol–water partition coefficient (Wildman–Crippen LogP) is 1.76. The van der Waals surface area contributed by atoms with Gasteiger partial charge in [0.1, 0.15) is 0 Å². The quantitative estimate of drug-likeness (QED) is 0.716. The van der Waals surface area contributed by atoms with E-state index in [9.17, 15) is 0 Å². The van der Waals surface area contributed by atoms with Crippen LogP contribution in [0.1, 0.15) is 39.5 Å². The minimum atomic E-state index is 0.591. The first kappa shape index (κ1) is 10.4. The summed E-state index contributed by atoms with van der Waals surface area (Å²) in [5.41, 5.74) is 0.591. The van der Waals surface area contributed by atoms with Crippen molar-refractivity contribution in [3.8, 4) is 0 Å². The van der Waals surface area contributed by atoms with Crippen LogP contribution in [0.3, 0.4) is 0 Å². The maximum atomic E-state index is 3.67. The third kappa shape index (κ3) is 2.71. The fraction of sp³-hybridized carbons (Fsp3) is 1.00. The van der Waals surface area contributed by atoms with Gasteiger partial charge >= 0.3 is 0 Å². The maximum absolute atomic E-state index is 3.67. The Labute approximate surface area is 87.8 Å². The number of nitrogens with one attached hydrogen (secondary N) is 2. The summed E-state index contributed by atoms with van der Waals surface area (Å²) in [6.45, 7) is 8.42. The molecule has 1 aliphatic carbocycles. The van der Waals surface area contributed by atoms with Gasteiger partial charge in [-0.05, 0) is 56.7 Å². The summed E-state index contributed by atoms with van der Waals surface area (Å²) in [6, 6.07) is 0.809. The highest BCUT2D eigenvalue weighted by Crippen LogP contribution is 2.44. The van der Waals surface area contributed by atoms with Gasteiger partial charge in [-0.15, -0.1) is 0 Å². The lowest BCUT2D eigenvalue weighted by Crippen LogP contribution is -2.30. The summed E-state index contributed by atoms with van der Waals surface area (Å²) in [6.07, 6.45) is 5.53. The Bertz CT molecular complexity index is 183. The SMILES string of the molecule is CC1(C)CC1NCCC1CCNCC1. The van der Waals surface area contributed by atoms with Crippen LogP contribution in [0.15, 0.2) is 0 Å². The zero-order chi connectivity index (χ0) is 10.0. The van der Waals surface area contributed by atoms with Gasteiger partial charge in [0.05, 0.1) is 0 Å². The van der Waals surface area contributed by atoms with E-state index in [0.29, 0.717) is 5.41 Å². The summed E-state index contributed by atoms with van der Waals surface area (Å²) < 4.78 is 0. The van der Waals surface area contributed by atoms with Crippen LogP contribution in [0.2, 0.25) is 0 Å². The molecule has 14 heavy (non-hydrogen) atoms. The molecule has 0 radical (unpaired) electrons. The van der Waals surface area contributed by atoms with E-state index in [1.165, 1.54) is 45.3 Å². The van der Waals surface area contributed by atoms with Crippen molar-refractivity contribution in [3.63, 3.8) is 0 Å². The second-order valence-electron chi connectivity index (χ2n) is 5.68. The molecule has 1 heterocycles. The van der Waals surface area contributed by atoms with E-state index in [-0.39, 0.29) is 0 Å². The average molecular weight is 196 g/mol. The number of hydrogen-bond acceptors (Lipinski definition) is 2. The Morgan fingerprint density at radius 3 is 2.50 bits per heavy atom. The molecule has 2 fully saturated rings. The molecule has 0 spiro atoms. The summed E-state index contributed by atoms with van der Waals surface area (Å²) in [7, 11) is 0. The van der Waals surface area contributed by atoms with Gasteiger partial charge in [0.25, 0.3) is 0 Å². The van der Waals surface area contributed by atoms with Crippen molar-refractivity contribution in [2.75, 3.05) is 19.6 Å². The Morgan fingerprint density at radius 1 is 1.29 bits per heavy atom. The van der Waals surface area contributed by atoms with E-state index in [0.717, 1.165) is 12.0 Å². The van der Waals surface area contributed by atoms with Crippen LogP contribution in [0.5, 0.6) is 0 Å². The minimum Gasteiger partial charge on any atom is -0.317 e.